The first-order valence-electron chi connectivity index (χ1n) is 6.58. The van der Waals surface area contributed by atoms with Crippen LogP contribution in [-0.4, -0.2) is 20.9 Å². The van der Waals surface area contributed by atoms with E-state index in [1.807, 2.05) is 42.7 Å². The van der Waals surface area contributed by atoms with Crippen LogP contribution in [0.3, 0.4) is 0 Å². The monoisotopic (exact) mass is 321 g/mol. The van der Waals surface area contributed by atoms with Gasteiger partial charge in [0.1, 0.15) is 34.1 Å². The lowest BCUT2D eigenvalue weighted by Gasteiger charge is -2.05. The SMILES string of the molecule is CSc1c(C#N)c(N)nc2c(C#N)c(Nc3ccccc3)nn12. The second-order valence-electron chi connectivity index (χ2n) is 4.55. The molecule has 0 amide bonds. The summed E-state index contributed by atoms with van der Waals surface area (Å²) in [5, 5.41) is 26.8. The molecule has 2 heterocycles. The van der Waals surface area contributed by atoms with Gasteiger partial charge in [-0.1, -0.05) is 18.2 Å². The van der Waals surface area contributed by atoms with Gasteiger partial charge in [0.05, 0.1) is 0 Å². The second-order valence-corrected chi connectivity index (χ2v) is 5.35. The number of benzene rings is 1. The summed E-state index contributed by atoms with van der Waals surface area (Å²) in [6.45, 7) is 0. The Morgan fingerprint density at radius 1 is 1.17 bits per heavy atom. The molecule has 0 spiro atoms. The lowest BCUT2D eigenvalue weighted by atomic mass is 10.3. The Morgan fingerprint density at radius 3 is 2.48 bits per heavy atom. The van der Waals surface area contributed by atoms with Crippen LogP contribution in [0, 0.1) is 22.7 Å². The Balaban J connectivity index is 2.25. The zero-order valence-electron chi connectivity index (χ0n) is 12.1. The Hall–Kier alpha value is -3.23. The number of hydrogen-bond acceptors (Lipinski definition) is 7. The number of para-hydroxylation sites is 1. The molecule has 7 nitrogen and oxygen atoms in total. The molecule has 23 heavy (non-hydrogen) atoms. The fourth-order valence-electron chi connectivity index (χ4n) is 2.18. The minimum Gasteiger partial charge on any atom is -0.382 e. The number of nitrogens with one attached hydrogen (secondary N) is 1. The summed E-state index contributed by atoms with van der Waals surface area (Å²) < 4.78 is 1.48. The molecule has 0 atom stereocenters. The van der Waals surface area contributed by atoms with Gasteiger partial charge in [-0.15, -0.1) is 16.9 Å². The quantitative estimate of drug-likeness (QED) is 0.562. The average molecular weight is 321 g/mol. The number of thioether (sulfide) groups is 1. The van der Waals surface area contributed by atoms with Gasteiger partial charge in [-0.25, -0.2) is 9.50 Å². The topological polar surface area (TPSA) is 116 Å². The normalized spacial score (nSPS) is 10.2. The highest BCUT2D eigenvalue weighted by atomic mass is 32.2. The van der Waals surface area contributed by atoms with Gasteiger partial charge in [-0.05, 0) is 18.4 Å². The maximum Gasteiger partial charge on any atom is 0.178 e. The van der Waals surface area contributed by atoms with Crippen LogP contribution in [0.15, 0.2) is 35.4 Å². The largest absolute Gasteiger partial charge is 0.382 e. The number of anilines is 3. The zero-order chi connectivity index (χ0) is 16.4. The molecule has 0 fully saturated rings. The summed E-state index contributed by atoms with van der Waals surface area (Å²) in [6.07, 6.45) is 1.81. The number of rotatable bonds is 3. The number of fused-ring (bicyclic) bond motifs is 1. The van der Waals surface area contributed by atoms with Gasteiger partial charge in [-0.2, -0.15) is 10.5 Å². The highest BCUT2D eigenvalue weighted by Crippen LogP contribution is 2.29. The summed E-state index contributed by atoms with van der Waals surface area (Å²) in [5.41, 5.74) is 7.50. The number of nitrogen functional groups attached to an aromatic ring is 1. The van der Waals surface area contributed by atoms with Crippen molar-refractivity contribution in [2.45, 2.75) is 5.03 Å². The molecule has 0 unspecified atom stereocenters. The fourth-order valence-corrected chi connectivity index (χ4v) is 2.84. The molecular weight excluding hydrogens is 310 g/mol. The van der Waals surface area contributed by atoms with Crippen LogP contribution in [0.1, 0.15) is 11.1 Å². The Bertz CT molecular complexity index is 964. The van der Waals surface area contributed by atoms with E-state index in [0.717, 1.165) is 5.69 Å². The first-order chi connectivity index (χ1) is 11.2. The lowest BCUT2D eigenvalue weighted by Crippen LogP contribution is -2.04. The van der Waals surface area contributed by atoms with Crippen molar-refractivity contribution in [2.75, 3.05) is 17.3 Å². The standard InChI is InChI=1S/C15H11N7S/c1-23-15-10(7-16)12(18)20-14-11(8-17)13(21-22(14)15)19-9-5-3-2-4-6-9/h2-6H,1H3,(H2,18,20)(H,19,21). The predicted molar refractivity (Wildman–Crippen MR) is 88.3 cm³/mol. The first-order valence-corrected chi connectivity index (χ1v) is 7.80. The van der Waals surface area contributed by atoms with Crippen molar-refractivity contribution < 1.29 is 0 Å². The third kappa shape index (κ3) is 2.41. The Morgan fingerprint density at radius 2 is 1.87 bits per heavy atom. The lowest BCUT2D eigenvalue weighted by molar-refractivity contribution is 0.843. The smallest absolute Gasteiger partial charge is 0.178 e. The van der Waals surface area contributed by atoms with Crippen molar-refractivity contribution in [3.63, 3.8) is 0 Å². The highest BCUT2D eigenvalue weighted by molar-refractivity contribution is 7.98. The average Bonchev–Trinajstić information content (AvgIpc) is 2.91. The molecule has 0 bridgehead atoms. The molecular formula is C15H11N7S. The van der Waals surface area contributed by atoms with E-state index < -0.39 is 0 Å². The Kier molecular flexibility index (Phi) is 3.75. The minimum atomic E-state index is 0.0898. The molecule has 0 aliphatic carbocycles. The molecule has 1 aromatic carbocycles. The summed E-state index contributed by atoms with van der Waals surface area (Å²) in [5.74, 6) is 0.461. The van der Waals surface area contributed by atoms with E-state index in [4.69, 9.17) is 5.73 Å². The van der Waals surface area contributed by atoms with Crippen LogP contribution in [0.5, 0.6) is 0 Å². The molecule has 3 aromatic rings. The van der Waals surface area contributed by atoms with Crippen LogP contribution in [0.25, 0.3) is 5.65 Å². The molecule has 0 aliphatic heterocycles. The van der Waals surface area contributed by atoms with Crippen molar-refractivity contribution in [3.05, 3.63) is 41.5 Å². The van der Waals surface area contributed by atoms with Crippen LogP contribution < -0.4 is 11.1 Å². The molecule has 0 saturated carbocycles. The maximum absolute atomic E-state index is 9.47. The number of hydrogen-bond donors (Lipinski definition) is 2. The van der Waals surface area contributed by atoms with Gasteiger partial charge >= 0.3 is 0 Å². The van der Waals surface area contributed by atoms with E-state index in [1.165, 1.54) is 16.3 Å². The molecule has 0 aliphatic rings. The third-order valence-corrected chi connectivity index (χ3v) is 3.97. The van der Waals surface area contributed by atoms with Gasteiger partial charge in [0.2, 0.25) is 0 Å². The summed E-state index contributed by atoms with van der Waals surface area (Å²) in [4.78, 5) is 4.17. The number of nitrogens with two attached hydrogens (primary N) is 1. The van der Waals surface area contributed by atoms with E-state index in [0.29, 0.717) is 16.5 Å². The van der Waals surface area contributed by atoms with Gasteiger partial charge < -0.3 is 11.1 Å². The van der Waals surface area contributed by atoms with E-state index in [9.17, 15) is 10.5 Å². The van der Waals surface area contributed by atoms with E-state index in [2.05, 4.69) is 21.5 Å². The summed E-state index contributed by atoms with van der Waals surface area (Å²) in [6, 6.07) is 13.5. The van der Waals surface area contributed by atoms with Gasteiger partial charge in [0.15, 0.2) is 11.5 Å². The maximum atomic E-state index is 9.47. The van der Waals surface area contributed by atoms with Gasteiger partial charge in [-0.3, -0.25) is 0 Å². The van der Waals surface area contributed by atoms with Gasteiger partial charge in [0, 0.05) is 5.69 Å². The van der Waals surface area contributed by atoms with Crippen molar-refractivity contribution in [1.29, 1.82) is 10.5 Å². The van der Waals surface area contributed by atoms with Crippen molar-refractivity contribution in [1.82, 2.24) is 14.6 Å². The number of aromatic nitrogens is 3. The summed E-state index contributed by atoms with van der Waals surface area (Å²) >= 11 is 1.32. The zero-order valence-corrected chi connectivity index (χ0v) is 12.9. The molecule has 0 radical (unpaired) electrons. The molecule has 3 N–H and O–H groups in total. The van der Waals surface area contributed by atoms with E-state index >= 15 is 0 Å². The van der Waals surface area contributed by atoms with E-state index in [1.54, 1.807) is 0 Å². The van der Waals surface area contributed by atoms with Crippen LogP contribution in [0.2, 0.25) is 0 Å². The van der Waals surface area contributed by atoms with Crippen LogP contribution >= 0.6 is 11.8 Å². The fraction of sp³-hybridized carbons (Fsp3) is 0.0667. The molecule has 0 saturated heterocycles. The first kappa shape index (κ1) is 14.7. The highest BCUT2D eigenvalue weighted by Gasteiger charge is 2.20. The molecule has 8 heteroatoms. The third-order valence-electron chi connectivity index (χ3n) is 3.20. The van der Waals surface area contributed by atoms with E-state index in [-0.39, 0.29) is 16.9 Å². The van der Waals surface area contributed by atoms with Crippen LogP contribution in [0.4, 0.5) is 17.3 Å². The van der Waals surface area contributed by atoms with Gasteiger partial charge in [0.25, 0.3) is 0 Å². The number of nitrogens with zero attached hydrogens (tertiary/aromatic N) is 5. The Labute approximate surface area is 136 Å². The van der Waals surface area contributed by atoms with Crippen LogP contribution in [-0.2, 0) is 0 Å². The molecule has 112 valence electrons. The summed E-state index contributed by atoms with van der Waals surface area (Å²) in [7, 11) is 0. The van der Waals surface area contributed by atoms with Crippen molar-refractivity contribution >= 4 is 34.7 Å². The molecule has 2 aromatic heterocycles. The van der Waals surface area contributed by atoms with Crippen molar-refractivity contribution in [3.8, 4) is 12.1 Å². The number of nitriles is 2. The molecule has 3 rings (SSSR count). The predicted octanol–water partition coefficient (Wildman–Crippen LogP) is 2.52. The van der Waals surface area contributed by atoms with Crippen molar-refractivity contribution in [2.24, 2.45) is 0 Å². The minimum absolute atomic E-state index is 0.0898. The second kappa shape index (κ2) is 5.87.